The van der Waals surface area contributed by atoms with Crippen LogP contribution in [0, 0.1) is 23.7 Å². The zero-order valence-electron chi connectivity index (χ0n) is 11.9. The molecule has 0 aromatic heterocycles. The Morgan fingerprint density at radius 1 is 1.00 bits per heavy atom. The number of alkyl halides is 2. The van der Waals surface area contributed by atoms with Gasteiger partial charge in [-0.25, -0.2) is 4.79 Å². The summed E-state index contributed by atoms with van der Waals surface area (Å²) in [4.78, 5) is 38.2. The number of benzene rings is 1. The average molecular weight is 443 g/mol. The molecule has 2 saturated carbocycles. The van der Waals surface area contributed by atoms with E-state index in [1.165, 1.54) is 29.2 Å². The molecule has 4 rings (SSSR count). The summed E-state index contributed by atoms with van der Waals surface area (Å²) in [5, 5.41) is 8.95. The van der Waals surface area contributed by atoms with E-state index in [0.29, 0.717) is 5.69 Å². The van der Waals surface area contributed by atoms with Gasteiger partial charge in [-0.2, -0.15) is 0 Å². The summed E-state index contributed by atoms with van der Waals surface area (Å²) in [6.45, 7) is 0. The number of halogens is 2. The van der Waals surface area contributed by atoms with E-state index in [0.717, 1.165) is 6.42 Å². The summed E-state index contributed by atoms with van der Waals surface area (Å²) in [6.07, 6.45) is 0.893. The number of carbonyl (C=O) groups excluding carboxylic acids is 2. The number of carbonyl (C=O) groups is 3. The van der Waals surface area contributed by atoms with Crippen molar-refractivity contribution in [2.75, 3.05) is 4.90 Å². The Balaban J connectivity index is 1.68. The molecule has 0 spiro atoms. The number of fused-ring (bicyclic) bond motifs is 5. The van der Waals surface area contributed by atoms with Gasteiger partial charge in [0.05, 0.1) is 23.1 Å². The Morgan fingerprint density at radius 2 is 1.48 bits per heavy atom. The van der Waals surface area contributed by atoms with E-state index in [9.17, 15) is 14.4 Å². The van der Waals surface area contributed by atoms with Crippen LogP contribution in [0.3, 0.4) is 0 Å². The fraction of sp³-hybridized carbons (Fsp3) is 0.438. The molecule has 3 fully saturated rings. The van der Waals surface area contributed by atoms with E-state index >= 15 is 0 Å². The van der Waals surface area contributed by atoms with Crippen LogP contribution in [-0.2, 0) is 9.59 Å². The lowest BCUT2D eigenvalue weighted by Crippen LogP contribution is -2.37. The number of aromatic carboxylic acids is 1. The third-order valence-electron chi connectivity index (χ3n) is 5.36. The molecule has 5 nitrogen and oxygen atoms in total. The molecule has 2 amide bonds. The van der Waals surface area contributed by atoms with E-state index in [4.69, 9.17) is 5.11 Å². The molecule has 1 heterocycles. The molecule has 3 aliphatic rings. The van der Waals surface area contributed by atoms with Crippen molar-refractivity contribution in [3.05, 3.63) is 29.8 Å². The maximum absolute atomic E-state index is 12.8. The Morgan fingerprint density at radius 3 is 1.91 bits per heavy atom. The molecule has 1 aromatic carbocycles. The second kappa shape index (κ2) is 5.14. The molecular weight excluding hydrogens is 430 g/mol. The van der Waals surface area contributed by atoms with Crippen molar-refractivity contribution >= 4 is 55.3 Å². The van der Waals surface area contributed by atoms with Gasteiger partial charge < -0.3 is 5.11 Å². The van der Waals surface area contributed by atoms with E-state index in [-0.39, 0.29) is 50.7 Å². The van der Waals surface area contributed by atoms with Gasteiger partial charge in [0.1, 0.15) is 0 Å². The van der Waals surface area contributed by atoms with Gasteiger partial charge in [0.2, 0.25) is 11.8 Å². The van der Waals surface area contributed by atoms with Crippen molar-refractivity contribution in [2.24, 2.45) is 23.7 Å². The highest BCUT2D eigenvalue weighted by molar-refractivity contribution is 9.12. The summed E-state index contributed by atoms with van der Waals surface area (Å²) in [5.41, 5.74) is 0.588. The predicted octanol–water partition coefficient (Wildman–Crippen LogP) is 2.67. The highest BCUT2D eigenvalue weighted by Crippen LogP contribution is 2.60. The number of anilines is 1. The highest BCUT2D eigenvalue weighted by Gasteiger charge is 2.66. The van der Waals surface area contributed by atoms with Gasteiger partial charge >= 0.3 is 5.97 Å². The molecule has 7 heteroatoms. The SMILES string of the molecule is O=C(O)c1ccc(N2C(=O)[C@@H]3[C@@H]4C[C@@H]([C@@H](Br)[C@H]4Br)[C@@H]3C2=O)cc1. The smallest absolute Gasteiger partial charge is 0.335 e. The quantitative estimate of drug-likeness (QED) is 0.564. The van der Waals surface area contributed by atoms with Crippen molar-refractivity contribution in [3.8, 4) is 0 Å². The normalized spacial score (nSPS) is 38.3. The van der Waals surface area contributed by atoms with Gasteiger partial charge in [-0.1, -0.05) is 31.9 Å². The molecule has 6 atom stereocenters. The molecule has 1 aromatic rings. The number of hydrogen-bond donors (Lipinski definition) is 1. The lowest BCUT2D eigenvalue weighted by Gasteiger charge is -2.28. The summed E-state index contributed by atoms with van der Waals surface area (Å²) >= 11 is 7.30. The van der Waals surface area contributed by atoms with Crippen LogP contribution in [0.4, 0.5) is 5.69 Å². The van der Waals surface area contributed by atoms with E-state index in [1.54, 1.807) is 0 Å². The van der Waals surface area contributed by atoms with Crippen LogP contribution >= 0.6 is 31.9 Å². The molecular formula is C16H13Br2NO4. The molecule has 1 aliphatic heterocycles. The molecule has 1 N–H and O–H groups in total. The molecule has 1 saturated heterocycles. The number of hydrogen-bond acceptors (Lipinski definition) is 3. The van der Waals surface area contributed by atoms with Gasteiger partial charge in [0.25, 0.3) is 0 Å². The van der Waals surface area contributed by atoms with Gasteiger partial charge in [0, 0.05) is 9.65 Å². The fourth-order valence-corrected chi connectivity index (χ4v) is 6.23. The van der Waals surface area contributed by atoms with Crippen LogP contribution in [0.5, 0.6) is 0 Å². The zero-order valence-corrected chi connectivity index (χ0v) is 15.0. The van der Waals surface area contributed by atoms with Gasteiger partial charge in [0.15, 0.2) is 0 Å². The molecule has 2 aliphatic carbocycles. The topological polar surface area (TPSA) is 74.7 Å². The summed E-state index contributed by atoms with van der Waals surface area (Å²) < 4.78 is 0. The summed E-state index contributed by atoms with van der Waals surface area (Å²) in [5.74, 6) is -1.51. The second-order valence-electron chi connectivity index (χ2n) is 6.37. The lowest BCUT2D eigenvalue weighted by molar-refractivity contribution is -0.123. The first-order valence-corrected chi connectivity index (χ1v) is 9.24. The fourth-order valence-electron chi connectivity index (χ4n) is 4.36. The number of rotatable bonds is 2. The average Bonchev–Trinajstić information content (AvgIpc) is 3.12. The van der Waals surface area contributed by atoms with Gasteiger partial charge in [-0.15, -0.1) is 0 Å². The van der Waals surface area contributed by atoms with Crippen LogP contribution in [0.2, 0.25) is 0 Å². The predicted molar refractivity (Wildman–Crippen MR) is 89.9 cm³/mol. The summed E-state index contributed by atoms with van der Waals surface area (Å²) in [7, 11) is 0. The molecule has 0 radical (unpaired) electrons. The number of nitrogens with zero attached hydrogens (tertiary/aromatic N) is 1. The first kappa shape index (κ1) is 15.3. The molecule has 2 bridgehead atoms. The highest BCUT2D eigenvalue weighted by atomic mass is 79.9. The van der Waals surface area contributed by atoms with Crippen LogP contribution < -0.4 is 4.90 Å². The third kappa shape index (κ3) is 1.99. The minimum Gasteiger partial charge on any atom is -0.478 e. The largest absolute Gasteiger partial charge is 0.478 e. The Bertz CT molecular complexity index is 687. The lowest BCUT2D eigenvalue weighted by atomic mass is 9.81. The van der Waals surface area contributed by atoms with Crippen LogP contribution in [0.1, 0.15) is 16.8 Å². The Labute approximate surface area is 149 Å². The number of amides is 2. The zero-order chi connectivity index (χ0) is 16.5. The second-order valence-corrected chi connectivity index (χ2v) is 8.48. The first-order chi connectivity index (χ1) is 10.9. The van der Waals surface area contributed by atoms with E-state index in [1.807, 2.05) is 0 Å². The maximum Gasteiger partial charge on any atom is 0.335 e. The van der Waals surface area contributed by atoms with E-state index < -0.39 is 5.97 Å². The number of carboxylic acids is 1. The van der Waals surface area contributed by atoms with Crippen molar-refractivity contribution in [1.29, 1.82) is 0 Å². The van der Waals surface area contributed by atoms with Crippen molar-refractivity contribution < 1.29 is 19.5 Å². The van der Waals surface area contributed by atoms with Crippen LogP contribution in [-0.4, -0.2) is 32.5 Å². The van der Waals surface area contributed by atoms with Crippen LogP contribution in [0.15, 0.2) is 24.3 Å². The minimum atomic E-state index is -1.03. The number of carboxylic acid groups (broad SMARTS) is 1. The van der Waals surface area contributed by atoms with Crippen molar-refractivity contribution in [2.45, 2.75) is 16.1 Å². The van der Waals surface area contributed by atoms with Gasteiger partial charge in [-0.3, -0.25) is 14.5 Å². The standard InChI is InChI=1S/C16H13Br2NO4/c17-12-8-5-9(13(12)18)11-10(8)14(20)19(15(11)21)7-3-1-6(2-4-7)16(22)23/h1-4,8-13H,5H2,(H,22,23)/t8-,9+,10+,11-,12-,13+. The number of imide groups is 1. The first-order valence-electron chi connectivity index (χ1n) is 7.41. The van der Waals surface area contributed by atoms with Gasteiger partial charge in [-0.05, 0) is 42.5 Å². The summed E-state index contributed by atoms with van der Waals surface area (Å²) in [6, 6.07) is 5.89. The van der Waals surface area contributed by atoms with Crippen molar-refractivity contribution in [1.82, 2.24) is 0 Å². The monoisotopic (exact) mass is 441 g/mol. The molecule has 23 heavy (non-hydrogen) atoms. The van der Waals surface area contributed by atoms with Crippen molar-refractivity contribution in [3.63, 3.8) is 0 Å². The van der Waals surface area contributed by atoms with Crippen LogP contribution in [0.25, 0.3) is 0 Å². The van der Waals surface area contributed by atoms with E-state index in [2.05, 4.69) is 31.9 Å². The maximum atomic E-state index is 12.8. The Kier molecular flexibility index (Phi) is 3.43. The third-order valence-corrected chi connectivity index (χ3v) is 8.57. The molecule has 0 unspecified atom stereocenters. The minimum absolute atomic E-state index is 0.133. The molecule has 120 valence electrons. The Hall–Kier alpha value is -1.21.